The summed E-state index contributed by atoms with van der Waals surface area (Å²) in [6, 6.07) is 6.96. The summed E-state index contributed by atoms with van der Waals surface area (Å²) in [5.74, 6) is 1.77. The largest absolute Gasteiger partial charge is 0.497 e. The van der Waals surface area contributed by atoms with Crippen molar-refractivity contribution in [2.75, 3.05) is 13.7 Å². The molecule has 0 unspecified atom stereocenters. The maximum absolute atomic E-state index is 12.6. The maximum atomic E-state index is 12.6. The van der Waals surface area contributed by atoms with E-state index in [4.69, 9.17) is 4.74 Å². The molecule has 1 aliphatic heterocycles. The molecule has 2 bridgehead atoms. The average molecular weight is 325 g/mol. The Morgan fingerprint density at radius 1 is 1.33 bits per heavy atom. The van der Waals surface area contributed by atoms with E-state index in [9.17, 15) is 4.79 Å². The van der Waals surface area contributed by atoms with Crippen LogP contribution in [0.3, 0.4) is 0 Å². The first kappa shape index (κ1) is 15.7. The highest BCUT2D eigenvalue weighted by molar-refractivity contribution is 5.88. The van der Waals surface area contributed by atoms with E-state index in [1.807, 2.05) is 13.0 Å². The Morgan fingerprint density at radius 3 is 3.00 bits per heavy atom. The van der Waals surface area contributed by atoms with Gasteiger partial charge >= 0.3 is 0 Å². The van der Waals surface area contributed by atoms with E-state index in [0.717, 1.165) is 25.1 Å². The van der Waals surface area contributed by atoms with Crippen LogP contribution >= 0.6 is 0 Å². The number of benzene rings is 1. The third-order valence-corrected chi connectivity index (χ3v) is 6.64. The first-order valence-corrected chi connectivity index (χ1v) is 9.30. The fourth-order valence-corrected chi connectivity index (χ4v) is 5.62. The lowest BCUT2D eigenvalue weighted by atomic mass is 9.52. The predicted octanol–water partition coefficient (Wildman–Crippen LogP) is 3.86. The standard InChI is InChI=1S/C21H27NO2/c1-3-6-20(23)22-12-11-21-10-5-4-7-17(21)19(22)13-15-8-9-16(24-2)14-18(15)21/h3,6,8-9,14,17,19H,4-5,7,10-13H2,1-2H3/b6-3+/t17-,19-,21-/m0/s1. The molecule has 24 heavy (non-hydrogen) atoms. The third kappa shape index (κ3) is 2.21. The van der Waals surface area contributed by atoms with Gasteiger partial charge in [0.05, 0.1) is 7.11 Å². The Morgan fingerprint density at radius 2 is 2.21 bits per heavy atom. The zero-order chi connectivity index (χ0) is 16.7. The molecule has 1 aromatic rings. The Balaban J connectivity index is 1.80. The Hall–Kier alpha value is -1.77. The number of fused-ring (bicyclic) bond motifs is 1. The molecule has 3 aliphatic rings. The second kappa shape index (κ2) is 5.94. The van der Waals surface area contributed by atoms with Crippen LogP contribution in [0.2, 0.25) is 0 Å². The molecule has 2 aliphatic carbocycles. The van der Waals surface area contributed by atoms with E-state index in [0.29, 0.717) is 12.0 Å². The van der Waals surface area contributed by atoms with Gasteiger partial charge in [0.15, 0.2) is 0 Å². The number of allylic oxidation sites excluding steroid dienone is 1. The summed E-state index contributed by atoms with van der Waals surface area (Å²) in [4.78, 5) is 14.8. The molecule has 4 rings (SSSR count). The molecule has 2 fully saturated rings. The van der Waals surface area contributed by atoms with Gasteiger partial charge in [-0.15, -0.1) is 0 Å². The quantitative estimate of drug-likeness (QED) is 0.773. The topological polar surface area (TPSA) is 29.5 Å². The van der Waals surface area contributed by atoms with Crippen molar-refractivity contribution in [2.24, 2.45) is 5.92 Å². The summed E-state index contributed by atoms with van der Waals surface area (Å²) in [6.07, 6.45) is 10.8. The van der Waals surface area contributed by atoms with Crippen molar-refractivity contribution in [3.63, 3.8) is 0 Å². The smallest absolute Gasteiger partial charge is 0.246 e. The molecule has 1 saturated carbocycles. The maximum Gasteiger partial charge on any atom is 0.246 e. The molecule has 1 saturated heterocycles. The molecule has 0 aromatic heterocycles. The van der Waals surface area contributed by atoms with Gasteiger partial charge in [-0.05, 0) is 67.9 Å². The fraction of sp³-hybridized carbons (Fsp3) is 0.571. The van der Waals surface area contributed by atoms with Crippen LogP contribution in [-0.2, 0) is 16.6 Å². The van der Waals surface area contributed by atoms with E-state index >= 15 is 0 Å². The lowest BCUT2D eigenvalue weighted by Crippen LogP contribution is -2.61. The Kier molecular flexibility index (Phi) is 3.90. The lowest BCUT2D eigenvalue weighted by Gasteiger charge is -2.59. The van der Waals surface area contributed by atoms with Crippen molar-refractivity contribution in [3.05, 3.63) is 41.5 Å². The molecule has 3 atom stereocenters. The molecular formula is C21H27NO2. The van der Waals surface area contributed by atoms with Gasteiger partial charge in [0.25, 0.3) is 0 Å². The van der Waals surface area contributed by atoms with Crippen molar-refractivity contribution >= 4 is 5.91 Å². The van der Waals surface area contributed by atoms with E-state index in [1.54, 1.807) is 13.2 Å². The zero-order valence-electron chi connectivity index (χ0n) is 14.8. The average Bonchev–Trinajstić information content (AvgIpc) is 2.61. The number of ether oxygens (including phenoxy) is 1. The minimum atomic E-state index is 0.193. The summed E-state index contributed by atoms with van der Waals surface area (Å²) in [7, 11) is 1.75. The second-order valence-corrected chi connectivity index (χ2v) is 7.58. The molecule has 0 radical (unpaired) electrons. The van der Waals surface area contributed by atoms with E-state index in [1.165, 1.54) is 36.8 Å². The monoisotopic (exact) mass is 325 g/mol. The molecular weight excluding hydrogens is 298 g/mol. The zero-order valence-corrected chi connectivity index (χ0v) is 14.8. The highest BCUT2D eigenvalue weighted by atomic mass is 16.5. The van der Waals surface area contributed by atoms with Crippen LogP contribution in [0, 0.1) is 5.92 Å². The van der Waals surface area contributed by atoms with Gasteiger partial charge in [0.1, 0.15) is 5.75 Å². The minimum absolute atomic E-state index is 0.193. The van der Waals surface area contributed by atoms with Crippen LogP contribution in [0.15, 0.2) is 30.4 Å². The van der Waals surface area contributed by atoms with Crippen LogP contribution in [0.4, 0.5) is 0 Å². The summed E-state index contributed by atoms with van der Waals surface area (Å²) >= 11 is 0. The number of amides is 1. The van der Waals surface area contributed by atoms with Crippen LogP contribution in [0.25, 0.3) is 0 Å². The normalized spacial score (nSPS) is 31.5. The summed E-state index contributed by atoms with van der Waals surface area (Å²) in [6.45, 7) is 2.82. The molecule has 128 valence electrons. The van der Waals surface area contributed by atoms with Crippen LogP contribution in [0.1, 0.15) is 50.2 Å². The van der Waals surface area contributed by atoms with Gasteiger partial charge in [-0.2, -0.15) is 0 Å². The Bertz CT molecular complexity index is 680. The number of piperidine rings is 1. The van der Waals surface area contributed by atoms with Gasteiger partial charge in [0.2, 0.25) is 5.91 Å². The van der Waals surface area contributed by atoms with Gasteiger partial charge in [-0.3, -0.25) is 4.79 Å². The van der Waals surface area contributed by atoms with Gasteiger partial charge in [-0.25, -0.2) is 0 Å². The van der Waals surface area contributed by atoms with Crippen LogP contribution < -0.4 is 4.74 Å². The highest BCUT2D eigenvalue weighted by Crippen LogP contribution is 2.56. The van der Waals surface area contributed by atoms with Gasteiger partial charge in [-0.1, -0.05) is 25.0 Å². The second-order valence-electron chi connectivity index (χ2n) is 7.58. The van der Waals surface area contributed by atoms with E-state index in [-0.39, 0.29) is 11.3 Å². The van der Waals surface area contributed by atoms with Gasteiger partial charge < -0.3 is 9.64 Å². The molecule has 1 heterocycles. The van der Waals surface area contributed by atoms with Crippen LogP contribution in [0.5, 0.6) is 5.75 Å². The van der Waals surface area contributed by atoms with Crippen molar-refractivity contribution in [1.29, 1.82) is 0 Å². The summed E-state index contributed by atoms with van der Waals surface area (Å²) < 4.78 is 5.51. The number of methoxy groups -OCH3 is 1. The molecule has 1 amide bonds. The first-order valence-electron chi connectivity index (χ1n) is 9.30. The Labute approximate surface area is 144 Å². The number of rotatable bonds is 2. The van der Waals surface area contributed by atoms with Crippen molar-refractivity contribution < 1.29 is 9.53 Å². The van der Waals surface area contributed by atoms with Gasteiger partial charge in [0, 0.05) is 18.0 Å². The van der Waals surface area contributed by atoms with Crippen molar-refractivity contribution in [2.45, 2.75) is 56.9 Å². The third-order valence-electron chi connectivity index (χ3n) is 6.64. The number of hydrogen-bond donors (Lipinski definition) is 0. The highest BCUT2D eigenvalue weighted by Gasteiger charge is 2.54. The first-order chi connectivity index (χ1) is 11.7. The lowest BCUT2D eigenvalue weighted by molar-refractivity contribution is -0.135. The number of nitrogens with zero attached hydrogens (tertiary/aromatic N) is 1. The number of likely N-dealkylation sites (tertiary alicyclic amines) is 1. The van der Waals surface area contributed by atoms with Crippen molar-refractivity contribution in [3.8, 4) is 5.75 Å². The molecule has 0 N–H and O–H groups in total. The van der Waals surface area contributed by atoms with Crippen LogP contribution in [-0.4, -0.2) is 30.5 Å². The van der Waals surface area contributed by atoms with E-state index in [2.05, 4.69) is 23.1 Å². The van der Waals surface area contributed by atoms with Crippen molar-refractivity contribution in [1.82, 2.24) is 4.90 Å². The fourth-order valence-electron chi connectivity index (χ4n) is 5.62. The SMILES string of the molecule is C/C=C/C(=O)N1CC[C@@]23CCCC[C@H]2[C@@H]1Cc1ccc(OC)cc13. The summed E-state index contributed by atoms with van der Waals surface area (Å²) in [5.41, 5.74) is 3.20. The molecule has 1 aromatic carbocycles. The number of hydrogen-bond acceptors (Lipinski definition) is 2. The molecule has 3 heteroatoms. The van der Waals surface area contributed by atoms with E-state index < -0.39 is 0 Å². The summed E-state index contributed by atoms with van der Waals surface area (Å²) in [5, 5.41) is 0. The predicted molar refractivity (Wildman–Crippen MR) is 95.3 cm³/mol. The number of carbonyl (C=O) groups excluding carboxylic acids is 1. The molecule has 3 nitrogen and oxygen atoms in total. The molecule has 0 spiro atoms. The number of carbonyl (C=O) groups is 1. The minimum Gasteiger partial charge on any atom is -0.497 e.